The lowest BCUT2D eigenvalue weighted by atomic mass is 9.84. The second-order valence-electron chi connectivity index (χ2n) is 11.3. The van der Waals surface area contributed by atoms with Crippen LogP contribution in [0.15, 0.2) is 48.0 Å². The van der Waals surface area contributed by atoms with Gasteiger partial charge in [-0.15, -0.1) is 0 Å². The van der Waals surface area contributed by atoms with Gasteiger partial charge in [0.2, 0.25) is 0 Å². The van der Waals surface area contributed by atoms with Crippen LogP contribution in [0.25, 0.3) is 5.76 Å². The van der Waals surface area contributed by atoms with E-state index in [1.807, 2.05) is 57.4 Å². The van der Waals surface area contributed by atoms with E-state index >= 15 is 0 Å². The summed E-state index contributed by atoms with van der Waals surface area (Å²) in [5.74, 6) is -0.638. The number of anilines is 1. The van der Waals surface area contributed by atoms with Crippen molar-refractivity contribution in [3.05, 3.63) is 64.7 Å². The monoisotopic (exact) mass is 535 g/mol. The number of rotatable bonds is 11. The third-order valence-electron chi connectivity index (χ3n) is 7.24. The smallest absolute Gasteiger partial charge is 0.295 e. The number of carbonyl (C=O) groups is 2. The van der Waals surface area contributed by atoms with E-state index in [4.69, 9.17) is 4.74 Å². The van der Waals surface area contributed by atoms with Gasteiger partial charge in [-0.05, 0) is 89.1 Å². The maximum atomic E-state index is 13.5. The van der Waals surface area contributed by atoms with Crippen LogP contribution in [-0.4, -0.2) is 73.5 Å². The number of Topliss-reactive ketones (excluding diaryl/α,β-unsaturated/α-hetero) is 1. The molecule has 0 radical (unpaired) electrons. The molecule has 212 valence electrons. The van der Waals surface area contributed by atoms with Crippen molar-refractivity contribution in [3.63, 3.8) is 0 Å². The number of likely N-dealkylation sites (tertiary alicyclic amines) is 1. The molecule has 7 heteroatoms. The molecule has 39 heavy (non-hydrogen) atoms. The van der Waals surface area contributed by atoms with E-state index in [2.05, 4.69) is 44.4 Å². The van der Waals surface area contributed by atoms with Gasteiger partial charge < -0.3 is 24.5 Å². The molecule has 0 aromatic heterocycles. The maximum absolute atomic E-state index is 13.5. The van der Waals surface area contributed by atoms with Crippen molar-refractivity contribution in [2.45, 2.75) is 59.4 Å². The third kappa shape index (κ3) is 6.64. The summed E-state index contributed by atoms with van der Waals surface area (Å²) in [7, 11) is 3.96. The molecule has 1 aliphatic rings. The zero-order valence-corrected chi connectivity index (χ0v) is 24.9. The number of aliphatic hydroxyl groups is 1. The van der Waals surface area contributed by atoms with Crippen molar-refractivity contribution in [2.24, 2.45) is 0 Å². The zero-order valence-electron chi connectivity index (χ0n) is 24.9. The quantitative estimate of drug-likeness (QED) is 0.229. The molecule has 2 aromatic rings. The van der Waals surface area contributed by atoms with Crippen LogP contribution in [0, 0.1) is 0 Å². The van der Waals surface area contributed by atoms with Crippen molar-refractivity contribution >= 4 is 23.1 Å². The molecule has 0 aliphatic carbocycles. The molecule has 1 N–H and O–H groups in total. The van der Waals surface area contributed by atoms with Gasteiger partial charge in [0.25, 0.3) is 11.7 Å². The molecule has 0 saturated carbocycles. The van der Waals surface area contributed by atoms with Gasteiger partial charge in [0.05, 0.1) is 18.2 Å². The zero-order chi connectivity index (χ0) is 28.9. The molecule has 1 unspecified atom stereocenters. The van der Waals surface area contributed by atoms with Crippen molar-refractivity contribution < 1.29 is 19.4 Å². The molecular formula is C32H45N3O4. The predicted molar refractivity (Wildman–Crippen MR) is 158 cm³/mol. The fourth-order valence-electron chi connectivity index (χ4n) is 5.17. The number of ketones is 1. The Balaban J connectivity index is 2.15. The van der Waals surface area contributed by atoms with E-state index in [1.165, 1.54) is 0 Å². The Labute approximate surface area is 234 Å². The van der Waals surface area contributed by atoms with Crippen LogP contribution in [-0.2, 0) is 15.0 Å². The molecule has 1 heterocycles. The maximum Gasteiger partial charge on any atom is 0.295 e. The summed E-state index contributed by atoms with van der Waals surface area (Å²) in [6, 6.07) is 12.8. The summed E-state index contributed by atoms with van der Waals surface area (Å²) >= 11 is 0. The first-order valence-electron chi connectivity index (χ1n) is 14.0. The predicted octanol–water partition coefficient (Wildman–Crippen LogP) is 5.60. The van der Waals surface area contributed by atoms with E-state index in [1.54, 1.807) is 11.0 Å². The van der Waals surface area contributed by atoms with Crippen LogP contribution < -0.4 is 9.64 Å². The van der Waals surface area contributed by atoms with Crippen molar-refractivity contribution in [1.29, 1.82) is 0 Å². The largest absolute Gasteiger partial charge is 0.507 e. The van der Waals surface area contributed by atoms with Crippen LogP contribution in [0.1, 0.15) is 70.7 Å². The second kappa shape index (κ2) is 12.7. The summed E-state index contributed by atoms with van der Waals surface area (Å²) in [6.07, 6.45) is 0.714. The summed E-state index contributed by atoms with van der Waals surface area (Å²) < 4.78 is 5.85. The highest BCUT2D eigenvalue weighted by Gasteiger charge is 2.46. The molecule has 1 atom stereocenters. The van der Waals surface area contributed by atoms with Crippen LogP contribution in [0.2, 0.25) is 0 Å². The minimum absolute atomic E-state index is 0.129. The average molecular weight is 536 g/mol. The standard InChI is InChI=1S/C32H45N3O4/c1-9-34(10-2)24-16-13-22(14-17-24)28-27(30(37)31(38)35(28)20-12-19-33(7)8)29(36)23-15-18-26(39-11-3)25(21-23)32(4,5)6/h13-18,21,28,36H,9-12,19-20H2,1-8H3/b29-27-. The molecule has 1 fully saturated rings. The highest BCUT2D eigenvalue weighted by atomic mass is 16.5. The van der Waals surface area contributed by atoms with E-state index in [-0.39, 0.29) is 16.7 Å². The Hall–Kier alpha value is -3.32. The molecule has 1 aliphatic heterocycles. The molecule has 0 bridgehead atoms. The Kier molecular flexibility index (Phi) is 9.83. The Morgan fingerprint density at radius 2 is 1.64 bits per heavy atom. The molecule has 7 nitrogen and oxygen atoms in total. The molecule has 1 saturated heterocycles. The number of nitrogens with zero attached hydrogens (tertiary/aromatic N) is 3. The van der Waals surface area contributed by atoms with Gasteiger partial charge >= 0.3 is 0 Å². The van der Waals surface area contributed by atoms with E-state index in [0.717, 1.165) is 42.2 Å². The molecule has 2 aromatic carbocycles. The van der Waals surface area contributed by atoms with Gasteiger partial charge in [0.15, 0.2) is 0 Å². The summed E-state index contributed by atoms with van der Waals surface area (Å²) in [5.41, 5.74) is 3.18. The van der Waals surface area contributed by atoms with Gasteiger partial charge in [0.1, 0.15) is 11.5 Å². The SMILES string of the molecule is CCOc1ccc(/C(O)=C2/C(=O)C(=O)N(CCCN(C)C)C2c2ccc(N(CC)CC)cc2)cc1C(C)(C)C. The van der Waals surface area contributed by atoms with Gasteiger partial charge in [-0.3, -0.25) is 9.59 Å². The van der Waals surface area contributed by atoms with Crippen molar-refractivity contribution in [2.75, 3.05) is 51.8 Å². The number of hydrogen-bond donors (Lipinski definition) is 1. The number of amides is 1. The van der Waals surface area contributed by atoms with Gasteiger partial charge in [-0.2, -0.15) is 0 Å². The average Bonchev–Trinajstić information content (AvgIpc) is 3.14. The number of ether oxygens (including phenoxy) is 1. The lowest BCUT2D eigenvalue weighted by Crippen LogP contribution is -2.32. The van der Waals surface area contributed by atoms with Crippen LogP contribution in [0.4, 0.5) is 5.69 Å². The fourth-order valence-corrected chi connectivity index (χ4v) is 5.17. The summed E-state index contributed by atoms with van der Waals surface area (Å²) in [5, 5.41) is 11.6. The highest BCUT2D eigenvalue weighted by Crippen LogP contribution is 2.41. The number of hydrogen-bond acceptors (Lipinski definition) is 6. The van der Waals surface area contributed by atoms with Gasteiger partial charge in [-0.1, -0.05) is 32.9 Å². The molecule has 3 rings (SSSR count). The summed E-state index contributed by atoms with van der Waals surface area (Å²) in [6.45, 7) is 15.9. The first-order chi connectivity index (χ1) is 18.4. The number of carbonyl (C=O) groups excluding carboxylic acids is 2. The second-order valence-corrected chi connectivity index (χ2v) is 11.3. The van der Waals surface area contributed by atoms with E-state index in [9.17, 15) is 14.7 Å². The normalized spacial score (nSPS) is 17.3. The molecule has 1 amide bonds. The van der Waals surface area contributed by atoms with E-state index < -0.39 is 17.7 Å². The lowest BCUT2D eigenvalue weighted by molar-refractivity contribution is -0.139. The number of benzene rings is 2. The van der Waals surface area contributed by atoms with Gasteiger partial charge in [0, 0.05) is 36.4 Å². The van der Waals surface area contributed by atoms with Crippen LogP contribution in [0.5, 0.6) is 5.75 Å². The van der Waals surface area contributed by atoms with Gasteiger partial charge in [-0.25, -0.2) is 0 Å². The Bertz CT molecular complexity index is 1190. The fraction of sp³-hybridized carbons (Fsp3) is 0.500. The Morgan fingerprint density at radius 1 is 1.00 bits per heavy atom. The first kappa shape index (κ1) is 30.2. The Morgan fingerprint density at radius 3 is 2.18 bits per heavy atom. The van der Waals surface area contributed by atoms with Crippen molar-refractivity contribution in [1.82, 2.24) is 9.80 Å². The molecular weight excluding hydrogens is 490 g/mol. The van der Waals surface area contributed by atoms with E-state index in [0.29, 0.717) is 25.1 Å². The van der Waals surface area contributed by atoms with Crippen molar-refractivity contribution in [3.8, 4) is 5.75 Å². The minimum Gasteiger partial charge on any atom is -0.507 e. The van der Waals surface area contributed by atoms with Crippen LogP contribution in [0.3, 0.4) is 0 Å². The lowest BCUT2D eigenvalue weighted by Gasteiger charge is -2.27. The van der Waals surface area contributed by atoms with Crippen LogP contribution >= 0.6 is 0 Å². The molecule has 0 spiro atoms. The summed E-state index contributed by atoms with van der Waals surface area (Å²) in [4.78, 5) is 32.7. The minimum atomic E-state index is -0.664. The topological polar surface area (TPSA) is 73.3 Å². The first-order valence-corrected chi connectivity index (χ1v) is 14.0. The number of aliphatic hydroxyl groups excluding tert-OH is 1. The third-order valence-corrected chi connectivity index (χ3v) is 7.24. The highest BCUT2D eigenvalue weighted by molar-refractivity contribution is 6.46.